The van der Waals surface area contributed by atoms with E-state index in [0.717, 1.165) is 35.4 Å². The highest BCUT2D eigenvalue weighted by atomic mass is 16.6. The molecule has 1 aromatic carbocycles. The molecule has 14 nitrogen and oxygen atoms in total. The van der Waals surface area contributed by atoms with Crippen LogP contribution in [-0.2, 0) is 20.9 Å². The Bertz CT molecular complexity index is 1830. The van der Waals surface area contributed by atoms with Crippen molar-refractivity contribution in [3.05, 3.63) is 65.9 Å². The molecule has 4 fully saturated rings. The van der Waals surface area contributed by atoms with Gasteiger partial charge < -0.3 is 34.2 Å². The summed E-state index contributed by atoms with van der Waals surface area (Å²) < 4.78 is 19.8. The smallest absolute Gasteiger partial charge is 0.410 e. The standard InChI is InChI=1S/C39H52N8O6/c1-25(2)29-18-40-47-32(41-35-30-22-45(23-31(30)35)37(49)53-28-19-44(20-28)34(48)13-10-16-43(5)6)17-33(42-36(29)47)52-27-14-15-39(3,4)46(21-27)38(50)51-24-26-11-8-7-9-12-26/h7-13,17-18,25,27-28,30-31,35,41H,14-16,19-24H2,1-6H3/b13-10+/t27-,30?,31?,35?/m1/s1. The molecule has 284 valence electrons. The van der Waals surface area contributed by atoms with Crippen LogP contribution in [-0.4, -0.2) is 129 Å². The molecule has 0 bridgehead atoms. The van der Waals surface area contributed by atoms with E-state index in [4.69, 9.17) is 19.2 Å². The molecule has 3 aliphatic heterocycles. The van der Waals surface area contributed by atoms with E-state index in [1.807, 2.05) is 72.2 Å². The molecule has 1 N–H and O–H groups in total. The Morgan fingerprint density at radius 2 is 1.74 bits per heavy atom. The SMILES string of the molecule is CC(C)c1cnn2c(NC3C4CN(C(=O)OC5CN(C(=O)/C=C/CN(C)C)C5)CC43)cc(O[C@@H]3CCC(C)(C)N(C(=O)OCc4ccccc4)C3)nc12. The molecular formula is C39H52N8O6. The maximum Gasteiger partial charge on any atom is 0.410 e. The molecule has 14 heteroatoms. The first kappa shape index (κ1) is 36.5. The van der Waals surface area contributed by atoms with E-state index < -0.39 is 0 Å². The highest BCUT2D eigenvalue weighted by molar-refractivity contribution is 5.88. The van der Waals surface area contributed by atoms with Gasteiger partial charge in [-0.25, -0.2) is 9.59 Å². The Morgan fingerprint density at radius 3 is 2.43 bits per heavy atom. The quantitative estimate of drug-likeness (QED) is 0.279. The lowest BCUT2D eigenvalue weighted by molar-refractivity contribution is -0.136. The molecule has 2 unspecified atom stereocenters. The number of anilines is 1. The molecule has 4 aliphatic rings. The van der Waals surface area contributed by atoms with Crippen LogP contribution in [0.5, 0.6) is 5.88 Å². The van der Waals surface area contributed by atoms with Crippen molar-refractivity contribution in [3.63, 3.8) is 0 Å². The summed E-state index contributed by atoms with van der Waals surface area (Å²) in [6.45, 7) is 11.7. The highest BCUT2D eigenvalue weighted by Crippen LogP contribution is 2.47. The number of likely N-dealkylation sites (N-methyl/N-ethyl adjacent to an activating group) is 1. The van der Waals surface area contributed by atoms with Crippen LogP contribution in [0.1, 0.15) is 57.6 Å². The second kappa shape index (κ2) is 14.9. The number of ether oxygens (including phenoxy) is 3. The first-order chi connectivity index (χ1) is 25.4. The van der Waals surface area contributed by atoms with Crippen molar-refractivity contribution in [2.45, 2.75) is 76.9 Å². The van der Waals surface area contributed by atoms with Gasteiger partial charge in [0.15, 0.2) is 5.65 Å². The lowest BCUT2D eigenvalue weighted by Crippen LogP contribution is -2.56. The number of benzene rings is 1. The number of likely N-dealkylation sites (tertiary alicyclic amines) is 3. The molecule has 3 amide bonds. The summed E-state index contributed by atoms with van der Waals surface area (Å²) in [5, 5.41) is 8.38. The van der Waals surface area contributed by atoms with Crippen LogP contribution in [0.3, 0.4) is 0 Å². The van der Waals surface area contributed by atoms with Crippen LogP contribution in [0.4, 0.5) is 15.4 Å². The van der Waals surface area contributed by atoms with Gasteiger partial charge in [-0.05, 0) is 52.3 Å². The predicted octanol–water partition coefficient (Wildman–Crippen LogP) is 4.62. The Labute approximate surface area is 311 Å². The van der Waals surface area contributed by atoms with Crippen molar-refractivity contribution < 1.29 is 28.6 Å². The Morgan fingerprint density at radius 1 is 1.00 bits per heavy atom. The van der Waals surface area contributed by atoms with E-state index in [1.165, 1.54) is 0 Å². The number of nitrogens with zero attached hydrogens (tertiary/aromatic N) is 7. The van der Waals surface area contributed by atoms with E-state index >= 15 is 0 Å². The lowest BCUT2D eigenvalue weighted by Gasteiger charge is -2.44. The second-order valence-electron chi connectivity index (χ2n) is 16.0. The van der Waals surface area contributed by atoms with Gasteiger partial charge in [-0.15, -0.1) is 0 Å². The highest BCUT2D eigenvalue weighted by Gasteiger charge is 2.57. The third-order valence-electron chi connectivity index (χ3n) is 10.9. The Balaban J connectivity index is 0.956. The number of hydrogen-bond acceptors (Lipinski definition) is 10. The van der Waals surface area contributed by atoms with Crippen molar-refractivity contribution in [1.29, 1.82) is 0 Å². The minimum atomic E-state index is -0.376. The lowest BCUT2D eigenvalue weighted by atomic mass is 9.89. The van der Waals surface area contributed by atoms with Crippen LogP contribution in [0.2, 0.25) is 0 Å². The number of rotatable bonds is 11. The summed E-state index contributed by atoms with van der Waals surface area (Å²) in [6, 6.07) is 11.7. The van der Waals surface area contributed by atoms with E-state index in [0.29, 0.717) is 45.1 Å². The minimum absolute atomic E-state index is 0.0594. The van der Waals surface area contributed by atoms with Crippen LogP contribution in [0, 0.1) is 11.8 Å². The number of amides is 3. The Kier molecular flexibility index (Phi) is 10.2. The number of fused-ring (bicyclic) bond motifs is 2. The summed E-state index contributed by atoms with van der Waals surface area (Å²) in [4.78, 5) is 50.7. The van der Waals surface area contributed by atoms with Crippen LogP contribution >= 0.6 is 0 Å². The number of nitrogens with one attached hydrogen (secondary N) is 1. The second-order valence-corrected chi connectivity index (χ2v) is 16.0. The molecule has 53 heavy (non-hydrogen) atoms. The van der Waals surface area contributed by atoms with Crippen LogP contribution < -0.4 is 10.1 Å². The van der Waals surface area contributed by atoms with Crippen molar-refractivity contribution in [3.8, 4) is 5.88 Å². The largest absolute Gasteiger partial charge is 0.472 e. The van der Waals surface area contributed by atoms with E-state index in [1.54, 1.807) is 20.8 Å². The van der Waals surface area contributed by atoms with E-state index in [-0.39, 0.29) is 66.2 Å². The molecule has 3 aromatic rings. The van der Waals surface area contributed by atoms with Gasteiger partial charge in [0.05, 0.1) is 25.8 Å². The summed E-state index contributed by atoms with van der Waals surface area (Å²) >= 11 is 0. The maximum atomic E-state index is 13.3. The molecule has 0 radical (unpaired) electrons. The molecule has 7 rings (SSSR count). The number of carbonyl (C=O) groups is 3. The number of carbonyl (C=O) groups excluding carboxylic acids is 3. The fraction of sp³-hybridized carbons (Fsp3) is 0.564. The maximum absolute atomic E-state index is 13.3. The van der Waals surface area contributed by atoms with Gasteiger partial charge in [0.1, 0.15) is 24.6 Å². The number of piperidine rings is 2. The average molecular weight is 729 g/mol. The molecule has 3 saturated heterocycles. The molecule has 1 saturated carbocycles. The molecule has 5 heterocycles. The fourth-order valence-electron chi connectivity index (χ4n) is 7.54. The first-order valence-electron chi connectivity index (χ1n) is 18.7. The van der Waals surface area contributed by atoms with Gasteiger partial charge in [0.25, 0.3) is 0 Å². The Hall–Kier alpha value is -4.85. The van der Waals surface area contributed by atoms with Crippen molar-refractivity contribution in [1.82, 2.24) is 34.2 Å². The van der Waals surface area contributed by atoms with Gasteiger partial charge in [0.2, 0.25) is 11.8 Å². The van der Waals surface area contributed by atoms with Crippen LogP contribution in [0.25, 0.3) is 5.65 Å². The van der Waals surface area contributed by atoms with Crippen molar-refractivity contribution in [2.75, 3.05) is 58.7 Å². The molecule has 1 aliphatic carbocycles. The zero-order valence-corrected chi connectivity index (χ0v) is 31.6. The average Bonchev–Trinajstić information content (AvgIpc) is 3.40. The topological polar surface area (TPSA) is 134 Å². The fourth-order valence-corrected chi connectivity index (χ4v) is 7.54. The van der Waals surface area contributed by atoms with Crippen molar-refractivity contribution >= 4 is 29.6 Å². The summed E-state index contributed by atoms with van der Waals surface area (Å²) in [5.74, 6) is 1.96. The van der Waals surface area contributed by atoms with Gasteiger partial charge in [0, 0.05) is 60.8 Å². The molecule has 3 atom stereocenters. The third-order valence-corrected chi connectivity index (χ3v) is 10.9. The molecule has 0 spiro atoms. The van der Waals surface area contributed by atoms with Gasteiger partial charge in [-0.3, -0.25) is 9.69 Å². The number of hydrogen-bond donors (Lipinski definition) is 1. The summed E-state index contributed by atoms with van der Waals surface area (Å²) in [6.07, 6.45) is 5.57. The molecular weight excluding hydrogens is 676 g/mol. The van der Waals surface area contributed by atoms with Gasteiger partial charge >= 0.3 is 12.2 Å². The third kappa shape index (κ3) is 8.07. The van der Waals surface area contributed by atoms with Gasteiger partial charge in [-0.2, -0.15) is 14.6 Å². The van der Waals surface area contributed by atoms with E-state index in [2.05, 4.69) is 38.1 Å². The number of aromatic nitrogens is 3. The monoisotopic (exact) mass is 728 g/mol. The van der Waals surface area contributed by atoms with E-state index in [9.17, 15) is 14.4 Å². The predicted molar refractivity (Wildman–Crippen MR) is 199 cm³/mol. The van der Waals surface area contributed by atoms with Gasteiger partial charge in [-0.1, -0.05) is 50.3 Å². The summed E-state index contributed by atoms with van der Waals surface area (Å²) in [5.41, 5.74) is 2.31. The first-order valence-corrected chi connectivity index (χ1v) is 18.7. The zero-order chi connectivity index (χ0) is 37.4. The van der Waals surface area contributed by atoms with Crippen molar-refractivity contribution in [2.24, 2.45) is 11.8 Å². The van der Waals surface area contributed by atoms with Crippen LogP contribution in [0.15, 0.2) is 54.7 Å². The normalized spacial score (nSPS) is 23.7. The summed E-state index contributed by atoms with van der Waals surface area (Å²) in [7, 11) is 3.89. The zero-order valence-electron chi connectivity index (χ0n) is 31.6. The molecule has 2 aromatic heterocycles. The minimum Gasteiger partial charge on any atom is -0.472 e.